The molecule has 0 bridgehead atoms. The van der Waals surface area contributed by atoms with Gasteiger partial charge in [-0.3, -0.25) is 9.69 Å². The van der Waals surface area contributed by atoms with Gasteiger partial charge in [0, 0.05) is 28.6 Å². The highest BCUT2D eigenvalue weighted by Crippen LogP contribution is 2.54. The highest BCUT2D eigenvalue weighted by atomic mass is 35.5. The fraction of sp³-hybridized carbons (Fsp3) is 0.167. The molecular weight excluding hydrogens is 449 g/mol. The van der Waals surface area contributed by atoms with Crippen LogP contribution in [0.5, 0.6) is 0 Å². The molecule has 3 aromatic rings. The van der Waals surface area contributed by atoms with E-state index < -0.39 is 10.9 Å². The van der Waals surface area contributed by atoms with Gasteiger partial charge in [-0.2, -0.15) is 0 Å². The number of fused-ring (bicyclic) bond motifs is 2. The Labute approximate surface area is 194 Å². The normalized spacial score (nSPS) is 19.5. The lowest BCUT2D eigenvalue weighted by atomic mass is 10.1. The molecule has 0 aromatic heterocycles. The van der Waals surface area contributed by atoms with Gasteiger partial charge in [0.25, 0.3) is 5.91 Å². The lowest BCUT2D eigenvalue weighted by Crippen LogP contribution is -2.51. The Morgan fingerprint density at radius 2 is 1.78 bits per heavy atom. The van der Waals surface area contributed by atoms with Crippen LogP contribution in [0.3, 0.4) is 0 Å². The van der Waals surface area contributed by atoms with Crippen molar-refractivity contribution < 1.29 is 14.0 Å². The molecule has 1 fully saturated rings. The lowest BCUT2D eigenvalue weighted by molar-refractivity contribution is -0.123. The van der Waals surface area contributed by atoms with Crippen LogP contribution >= 0.6 is 23.4 Å². The first-order valence-electron chi connectivity index (χ1n) is 10.1. The second-order valence-corrected chi connectivity index (χ2v) is 9.28. The fourth-order valence-corrected chi connectivity index (χ4v) is 5.90. The molecule has 5 rings (SSSR count). The highest BCUT2D eigenvalue weighted by Gasteiger charge is 2.59. The lowest BCUT2D eigenvalue weighted by Gasteiger charge is -2.33. The van der Waals surface area contributed by atoms with Crippen molar-refractivity contribution in [3.05, 3.63) is 94.8 Å². The predicted octanol–water partition coefficient (Wildman–Crippen LogP) is 5.46. The van der Waals surface area contributed by atoms with Crippen molar-refractivity contribution in [1.82, 2.24) is 4.90 Å². The maximum Gasteiger partial charge on any atom is 0.323 e. The summed E-state index contributed by atoms with van der Waals surface area (Å²) in [6.07, 6.45) is 0. The topological polar surface area (TPSA) is 52.7 Å². The van der Waals surface area contributed by atoms with Gasteiger partial charge in [-0.1, -0.05) is 48.0 Å². The molecule has 2 heterocycles. The third-order valence-corrected chi connectivity index (χ3v) is 7.52. The Morgan fingerprint density at radius 1 is 1.06 bits per heavy atom. The first-order valence-corrected chi connectivity index (χ1v) is 11.5. The number of hydrogen-bond acceptors (Lipinski definition) is 3. The minimum atomic E-state index is -1.15. The molecule has 1 N–H and O–H groups in total. The number of para-hydroxylation sites is 1. The van der Waals surface area contributed by atoms with E-state index >= 15 is 0 Å². The van der Waals surface area contributed by atoms with Gasteiger partial charge in [0.15, 0.2) is 4.87 Å². The Balaban J connectivity index is 1.51. The number of carbonyl (C=O) groups is 2. The van der Waals surface area contributed by atoms with Crippen molar-refractivity contribution in [3.8, 4) is 0 Å². The zero-order chi connectivity index (χ0) is 22.3. The smallest absolute Gasteiger partial charge is 0.308 e. The van der Waals surface area contributed by atoms with Gasteiger partial charge in [-0.15, -0.1) is 11.8 Å². The highest BCUT2D eigenvalue weighted by molar-refractivity contribution is 8.01. The van der Waals surface area contributed by atoms with Crippen molar-refractivity contribution in [2.24, 2.45) is 0 Å². The summed E-state index contributed by atoms with van der Waals surface area (Å²) in [5, 5.41) is 3.39. The summed E-state index contributed by atoms with van der Waals surface area (Å²) < 4.78 is 13.2. The molecule has 0 unspecified atom stereocenters. The van der Waals surface area contributed by atoms with Crippen molar-refractivity contribution in [1.29, 1.82) is 0 Å². The summed E-state index contributed by atoms with van der Waals surface area (Å²) >= 11 is 7.82. The molecule has 3 aromatic carbocycles. The first kappa shape index (κ1) is 20.8. The van der Waals surface area contributed by atoms with Crippen LogP contribution in [0.1, 0.15) is 11.1 Å². The second kappa shape index (κ2) is 8.15. The molecular formula is C24H19ClFN3O2S. The SMILES string of the molecule is O=C(Nc1ccc(F)cc1)N1CCS[C@@]12C(=O)N(Cc1ccccc1Cl)c1ccccc12. The minimum Gasteiger partial charge on any atom is -0.308 e. The van der Waals surface area contributed by atoms with Crippen LogP contribution in [0.15, 0.2) is 72.8 Å². The molecule has 5 nitrogen and oxygen atoms in total. The molecule has 2 aliphatic rings. The fourth-order valence-electron chi connectivity index (χ4n) is 4.25. The number of nitrogens with one attached hydrogen (secondary N) is 1. The maximum atomic E-state index is 13.9. The van der Waals surface area contributed by atoms with Crippen LogP contribution < -0.4 is 10.2 Å². The van der Waals surface area contributed by atoms with E-state index in [1.165, 1.54) is 36.0 Å². The zero-order valence-electron chi connectivity index (χ0n) is 16.9. The van der Waals surface area contributed by atoms with Crippen molar-refractivity contribution in [2.45, 2.75) is 11.4 Å². The van der Waals surface area contributed by atoms with Gasteiger partial charge < -0.3 is 10.2 Å². The molecule has 0 radical (unpaired) electrons. The van der Waals surface area contributed by atoms with E-state index in [9.17, 15) is 14.0 Å². The number of rotatable bonds is 3. The molecule has 0 aliphatic carbocycles. The zero-order valence-corrected chi connectivity index (χ0v) is 18.5. The summed E-state index contributed by atoms with van der Waals surface area (Å²) in [5.74, 6) is 0.0679. The van der Waals surface area contributed by atoms with Crippen LogP contribution in [-0.4, -0.2) is 29.1 Å². The Morgan fingerprint density at radius 3 is 2.56 bits per heavy atom. The molecule has 1 spiro atoms. The molecule has 162 valence electrons. The summed E-state index contributed by atoms with van der Waals surface area (Å²) in [4.78, 5) is 29.3. The number of urea groups is 1. The Hall–Kier alpha value is -3.03. The van der Waals surface area contributed by atoms with Gasteiger partial charge in [0.2, 0.25) is 0 Å². The van der Waals surface area contributed by atoms with E-state index in [-0.39, 0.29) is 11.7 Å². The summed E-state index contributed by atoms with van der Waals surface area (Å²) in [6.45, 7) is 0.725. The van der Waals surface area contributed by atoms with Gasteiger partial charge >= 0.3 is 6.03 Å². The first-order chi connectivity index (χ1) is 15.5. The average molecular weight is 468 g/mol. The van der Waals surface area contributed by atoms with Gasteiger partial charge in [0.05, 0.1) is 12.2 Å². The number of anilines is 2. The van der Waals surface area contributed by atoms with E-state index in [1.54, 1.807) is 15.9 Å². The molecule has 1 atom stereocenters. The number of thioether (sulfide) groups is 1. The number of hydrogen-bond donors (Lipinski definition) is 1. The van der Waals surface area contributed by atoms with Crippen LogP contribution in [0.4, 0.5) is 20.6 Å². The molecule has 1 saturated heterocycles. The van der Waals surface area contributed by atoms with Crippen LogP contribution in [0.2, 0.25) is 5.02 Å². The van der Waals surface area contributed by atoms with Crippen LogP contribution in [0.25, 0.3) is 0 Å². The number of carbonyl (C=O) groups excluding carboxylic acids is 2. The van der Waals surface area contributed by atoms with Crippen LogP contribution in [-0.2, 0) is 16.2 Å². The predicted molar refractivity (Wildman–Crippen MR) is 125 cm³/mol. The maximum absolute atomic E-state index is 13.9. The minimum absolute atomic E-state index is 0.171. The van der Waals surface area contributed by atoms with Crippen molar-refractivity contribution in [2.75, 3.05) is 22.5 Å². The molecule has 2 aliphatic heterocycles. The molecule has 3 amide bonds. The standard InChI is InChI=1S/C24H19ClFN3O2S/c25-20-7-3-1-5-16(20)15-28-21-8-4-2-6-19(21)24(22(28)30)29(13-14-32-24)23(31)27-18-11-9-17(26)10-12-18/h1-12H,13-15H2,(H,27,31)/t24-/m0/s1. The van der Waals surface area contributed by atoms with E-state index in [4.69, 9.17) is 11.6 Å². The number of benzene rings is 3. The average Bonchev–Trinajstić information content (AvgIpc) is 3.34. The van der Waals surface area contributed by atoms with Gasteiger partial charge in [0.1, 0.15) is 5.82 Å². The summed E-state index contributed by atoms with van der Waals surface area (Å²) in [6, 6.07) is 20.1. The number of halogens is 2. The summed E-state index contributed by atoms with van der Waals surface area (Å²) in [5.41, 5.74) is 2.86. The largest absolute Gasteiger partial charge is 0.323 e. The summed E-state index contributed by atoms with van der Waals surface area (Å²) in [7, 11) is 0. The van der Waals surface area contributed by atoms with Crippen LogP contribution in [0, 0.1) is 5.82 Å². The van der Waals surface area contributed by atoms with E-state index in [0.29, 0.717) is 29.6 Å². The third kappa shape index (κ3) is 3.32. The third-order valence-electron chi connectivity index (χ3n) is 5.73. The van der Waals surface area contributed by atoms with Gasteiger partial charge in [-0.25, -0.2) is 9.18 Å². The van der Waals surface area contributed by atoms with E-state index in [0.717, 1.165) is 16.8 Å². The monoisotopic (exact) mass is 467 g/mol. The second-order valence-electron chi connectivity index (χ2n) is 7.58. The van der Waals surface area contributed by atoms with Crippen molar-refractivity contribution in [3.63, 3.8) is 0 Å². The quantitative estimate of drug-likeness (QED) is 0.556. The Kier molecular flexibility index (Phi) is 5.31. The van der Waals surface area contributed by atoms with E-state index in [2.05, 4.69) is 5.32 Å². The molecule has 0 saturated carbocycles. The van der Waals surface area contributed by atoms with E-state index in [1.807, 2.05) is 42.5 Å². The molecule has 32 heavy (non-hydrogen) atoms. The van der Waals surface area contributed by atoms with Crippen molar-refractivity contribution >= 4 is 46.7 Å². The Bertz CT molecular complexity index is 1210. The number of amides is 3. The van der Waals surface area contributed by atoms with Gasteiger partial charge in [-0.05, 0) is 42.0 Å². The number of nitrogens with zero attached hydrogens (tertiary/aromatic N) is 2. The molecule has 8 heteroatoms.